The van der Waals surface area contributed by atoms with Gasteiger partial charge >= 0.3 is 0 Å². The van der Waals surface area contributed by atoms with E-state index in [1.807, 2.05) is 12.1 Å². The third kappa shape index (κ3) is 4.89. The van der Waals surface area contributed by atoms with Crippen molar-refractivity contribution in [3.8, 4) is 6.07 Å². The molecule has 1 aromatic carbocycles. The summed E-state index contributed by atoms with van der Waals surface area (Å²) in [5, 5.41) is 23.0. The van der Waals surface area contributed by atoms with Gasteiger partial charge in [-0.1, -0.05) is 23.7 Å². The molecule has 0 aliphatic carbocycles. The van der Waals surface area contributed by atoms with Gasteiger partial charge in [-0.25, -0.2) is 0 Å². The lowest BCUT2D eigenvalue weighted by molar-refractivity contribution is -0.385. The minimum Gasteiger partial charge on any atom is -0.354 e. The fraction of sp³-hybridized carbons (Fsp3) is 0.188. The number of nitro groups is 1. The van der Waals surface area contributed by atoms with Crippen LogP contribution in [0.4, 0.5) is 5.69 Å². The van der Waals surface area contributed by atoms with Gasteiger partial charge in [0.15, 0.2) is 0 Å². The normalized spacial score (nSPS) is 10.1. The average Bonchev–Trinajstić information content (AvgIpc) is 2.58. The summed E-state index contributed by atoms with van der Waals surface area (Å²) in [4.78, 5) is 34.0. The number of carbonyl (C=O) groups excluding carboxylic acids is 1. The molecule has 0 unspecified atom stereocenters. The number of hydrogen-bond acceptors (Lipinski definition) is 5. The van der Waals surface area contributed by atoms with Crippen LogP contribution >= 0.6 is 11.6 Å². The molecule has 0 aliphatic rings. The quantitative estimate of drug-likeness (QED) is 0.620. The van der Waals surface area contributed by atoms with Gasteiger partial charge in [0.05, 0.1) is 11.1 Å². The van der Waals surface area contributed by atoms with E-state index in [-0.39, 0.29) is 5.56 Å². The number of hydrogen-bond donors (Lipinski definition) is 1. The number of halogens is 1. The Balaban J connectivity index is 2.01. The van der Waals surface area contributed by atoms with Crippen molar-refractivity contribution in [1.29, 1.82) is 5.26 Å². The van der Waals surface area contributed by atoms with Crippen molar-refractivity contribution in [3.63, 3.8) is 0 Å². The monoisotopic (exact) mass is 360 g/mol. The highest BCUT2D eigenvalue weighted by Gasteiger charge is 2.15. The van der Waals surface area contributed by atoms with Crippen LogP contribution in [0, 0.1) is 21.4 Å². The molecule has 0 atom stereocenters. The molecular weight excluding hydrogens is 348 g/mol. The SMILES string of the molecule is N#Cc1cc([N+](=O)[O-])cn(CC(=O)NCCc2ccc(Cl)cc2)c1=O. The lowest BCUT2D eigenvalue weighted by Gasteiger charge is -2.08. The van der Waals surface area contributed by atoms with Gasteiger partial charge in [-0.3, -0.25) is 24.3 Å². The Bertz CT molecular complexity index is 900. The maximum absolute atomic E-state index is 12.0. The predicted octanol–water partition coefficient (Wildman–Crippen LogP) is 1.64. The van der Waals surface area contributed by atoms with Crippen molar-refractivity contribution in [3.05, 3.63) is 73.1 Å². The summed E-state index contributed by atoms with van der Waals surface area (Å²) in [6.07, 6.45) is 1.51. The lowest BCUT2D eigenvalue weighted by atomic mass is 10.1. The van der Waals surface area contributed by atoms with Gasteiger partial charge in [0, 0.05) is 17.6 Å². The van der Waals surface area contributed by atoms with Crippen molar-refractivity contribution < 1.29 is 9.72 Å². The molecule has 1 aromatic heterocycles. The molecule has 0 saturated carbocycles. The third-order valence-electron chi connectivity index (χ3n) is 3.37. The number of amides is 1. The number of nitrogens with zero attached hydrogens (tertiary/aromatic N) is 3. The summed E-state index contributed by atoms with van der Waals surface area (Å²) in [7, 11) is 0. The van der Waals surface area contributed by atoms with Crippen molar-refractivity contribution >= 4 is 23.2 Å². The molecule has 0 bridgehead atoms. The van der Waals surface area contributed by atoms with Crippen LogP contribution in [0.1, 0.15) is 11.1 Å². The van der Waals surface area contributed by atoms with Crippen LogP contribution in [0.5, 0.6) is 0 Å². The number of carbonyl (C=O) groups is 1. The molecule has 128 valence electrons. The largest absolute Gasteiger partial charge is 0.354 e. The Kier molecular flexibility index (Phi) is 5.87. The van der Waals surface area contributed by atoms with Crippen molar-refractivity contribution in [2.75, 3.05) is 6.54 Å². The van der Waals surface area contributed by atoms with Crippen molar-refractivity contribution in [2.24, 2.45) is 0 Å². The Labute approximate surface area is 147 Å². The zero-order valence-corrected chi connectivity index (χ0v) is 13.7. The van der Waals surface area contributed by atoms with Gasteiger partial charge in [-0.05, 0) is 24.1 Å². The molecule has 0 fully saturated rings. The van der Waals surface area contributed by atoms with Gasteiger partial charge in [0.2, 0.25) is 5.91 Å². The summed E-state index contributed by atoms with van der Waals surface area (Å²) < 4.78 is 0.855. The molecule has 0 aliphatic heterocycles. The fourth-order valence-corrected chi connectivity index (χ4v) is 2.25. The zero-order chi connectivity index (χ0) is 18.4. The third-order valence-corrected chi connectivity index (χ3v) is 3.62. The average molecular weight is 361 g/mol. The molecule has 0 radical (unpaired) electrons. The van der Waals surface area contributed by atoms with Crippen LogP contribution in [0.2, 0.25) is 5.02 Å². The summed E-state index contributed by atoms with van der Waals surface area (Å²) in [6.45, 7) is -0.0783. The molecule has 1 N–H and O–H groups in total. The van der Waals surface area contributed by atoms with Gasteiger partial charge in [-0.2, -0.15) is 5.26 Å². The second kappa shape index (κ2) is 8.08. The molecule has 2 aromatic rings. The van der Waals surface area contributed by atoms with Gasteiger partial charge < -0.3 is 5.32 Å². The highest BCUT2D eigenvalue weighted by atomic mass is 35.5. The van der Waals surface area contributed by atoms with Crippen LogP contribution in [0.25, 0.3) is 0 Å². The van der Waals surface area contributed by atoms with E-state index < -0.39 is 28.6 Å². The van der Waals surface area contributed by atoms with Gasteiger partial charge in [-0.15, -0.1) is 0 Å². The zero-order valence-electron chi connectivity index (χ0n) is 12.9. The number of benzene rings is 1. The summed E-state index contributed by atoms with van der Waals surface area (Å²) >= 11 is 5.79. The Morgan fingerprint density at radius 3 is 2.64 bits per heavy atom. The van der Waals surface area contributed by atoms with E-state index >= 15 is 0 Å². The molecule has 0 saturated heterocycles. The smallest absolute Gasteiger partial charge is 0.287 e. The topological polar surface area (TPSA) is 118 Å². The number of nitrogens with one attached hydrogen (secondary N) is 1. The summed E-state index contributed by atoms with van der Waals surface area (Å²) in [5.41, 5.74) is -0.585. The lowest BCUT2D eigenvalue weighted by Crippen LogP contribution is -2.34. The second-order valence-electron chi connectivity index (χ2n) is 5.14. The number of pyridine rings is 1. The van der Waals surface area contributed by atoms with Crippen molar-refractivity contribution in [2.45, 2.75) is 13.0 Å². The minimum atomic E-state index is -0.749. The highest BCUT2D eigenvalue weighted by Crippen LogP contribution is 2.10. The van der Waals surface area contributed by atoms with Crippen LogP contribution in [-0.4, -0.2) is 21.9 Å². The van der Waals surface area contributed by atoms with E-state index in [1.165, 1.54) is 0 Å². The van der Waals surface area contributed by atoms with Crippen LogP contribution in [0.3, 0.4) is 0 Å². The Morgan fingerprint density at radius 2 is 2.04 bits per heavy atom. The van der Waals surface area contributed by atoms with E-state index in [1.54, 1.807) is 18.2 Å². The predicted molar refractivity (Wildman–Crippen MR) is 90.2 cm³/mol. The van der Waals surface area contributed by atoms with Crippen LogP contribution in [0.15, 0.2) is 41.3 Å². The van der Waals surface area contributed by atoms with E-state index in [0.29, 0.717) is 18.0 Å². The van der Waals surface area contributed by atoms with E-state index in [0.717, 1.165) is 22.4 Å². The molecule has 0 spiro atoms. The minimum absolute atomic E-state index is 0.329. The molecule has 25 heavy (non-hydrogen) atoms. The Morgan fingerprint density at radius 1 is 1.36 bits per heavy atom. The molecular formula is C16H13ClN4O4. The summed E-state index contributed by atoms with van der Waals surface area (Å²) in [6, 6.07) is 9.63. The van der Waals surface area contributed by atoms with Crippen LogP contribution in [-0.2, 0) is 17.8 Å². The first-order valence-electron chi connectivity index (χ1n) is 7.21. The van der Waals surface area contributed by atoms with E-state index in [9.17, 15) is 19.7 Å². The molecule has 1 heterocycles. The van der Waals surface area contributed by atoms with Gasteiger partial charge in [0.25, 0.3) is 11.2 Å². The standard InChI is InChI=1S/C16H13ClN4O4/c17-13-3-1-11(2-4-13)5-6-19-15(22)10-20-9-14(21(24)25)7-12(8-18)16(20)23/h1-4,7,9H,5-6,10H2,(H,19,22). The molecule has 9 heteroatoms. The maximum atomic E-state index is 12.0. The first-order valence-corrected chi connectivity index (χ1v) is 7.58. The number of nitriles is 1. The molecule has 2 rings (SSSR count). The van der Waals surface area contributed by atoms with Gasteiger partial charge in [0.1, 0.15) is 18.2 Å². The summed E-state index contributed by atoms with van der Waals surface area (Å²) in [5.74, 6) is -0.486. The van der Waals surface area contributed by atoms with E-state index in [4.69, 9.17) is 16.9 Å². The number of aromatic nitrogens is 1. The van der Waals surface area contributed by atoms with E-state index in [2.05, 4.69) is 5.32 Å². The number of rotatable bonds is 6. The first kappa shape index (κ1) is 18.2. The maximum Gasteiger partial charge on any atom is 0.287 e. The molecule has 8 nitrogen and oxygen atoms in total. The van der Waals surface area contributed by atoms with Crippen LogP contribution < -0.4 is 10.9 Å². The fourth-order valence-electron chi connectivity index (χ4n) is 2.13. The van der Waals surface area contributed by atoms with Crippen molar-refractivity contribution in [1.82, 2.24) is 9.88 Å². The highest BCUT2D eigenvalue weighted by molar-refractivity contribution is 6.30. The second-order valence-corrected chi connectivity index (χ2v) is 5.58. The first-order chi connectivity index (χ1) is 11.9. The Hall–Kier alpha value is -3.18. The molecule has 1 amide bonds.